The van der Waals surface area contributed by atoms with Crippen LogP contribution in [-0.4, -0.2) is 56.6 Å². The number of carbonyl (C=O) groups is 1. The number of aliphatic hydroxyl groups excluding tert-OH is 1. The van der Waals surface area contributed by atoms with Gasteiger partial charge in [-0.25, -0.2) is 4.79 Å². The summed E-state index contributed by atoms with van der Waals surface area (Å²) in [6.07, 6.45) is 4.51. The van der Waals surface area contributed by atoms with E-state index in [-0.39, 0.29) is 24.5 Å². The zero-order valence-corrected chi connectivity index (χ0v) is 24.5. The molecule has 9 nitrogen and oxygen atoms in total. The Morgan fingerprint density at radius 2 is 1.82 bits per heavy atom. The quantitative estimate of drug-likeness (QED) is 0.277. The van der Waals surface area contributed by atoms with Gasteiger partial charge in [0.05, 0.1) is 44.0 Å². The summed E-state index contributed by atoms with van der Waals surface area (Å²) < 4.78 is 10.7. The van der Waals surface area contributed by atoms with Crippen LogP contribution in [0, 0.1) is 17.2 Å². The van der Waals surface area contributed by atoms with Gasteiger partial charge in [-0.2, -0.15) is 5.26 Å². The van der Waals surface area contributed by atoms with Crippen LogP contribution < -0.4 is 20.9 Å². The van der Waals surface area contributed by atoms with Crippen molar-refractivity contribution in [3.8, 4) is 11.8 Å². The third-order valence-corrected chi connectivity index (χ3v) is 9.08. The Kier molecular flexibility index (Phi) is 10.7. The number of methoxy groups -OCH3 is 1. The molecule has 1 fully saturated rings. The van der Waals surface area contributed by atoms with Crippen LogP contribution in [0.5, 0.6) is 5.75 Å². The first-order valence-electron chi connectivity index (χ1n) is 13.7. The SMILES string of the molecule is COc1c(N[C@@H](CC2CCCCC2)[C@@H](O)CN(Cc2ccc(C#N)cc2)C(=O)OCC[Si](C)(C)C)c(=O)c1=O. The van der Waals surface area contributed by atoms with Crippen molar-refractivity contribution in [2.24, 2.45) is 5.92 Å². The monoisotopic (exact) mass is 555 g/mol. The summed E-state index contributed by atoms with van der Waals surface area (Å²) in [6, 6.07) is 9.27. The van der Waals surface area contributed by atoms with E-state index in [4.69, 9.17) is 14.7 Å². The zero-order valence-electron chi connectivity index (χ0n) is 23.5. The highest BCUT2D eigenvalue weighted by molar-refractivity contribution is 6.76. The zero-order chi connectivity index (χ0) is 28.6. The lowest BCUT2D eigenvalue weighted by atomic mass is 9.83. The number of hydrogen-bond donors (Lipinski definition) is 2. The highest BCUT2D eigenvalue weighted by atomic mass is 28.3. The Balaban J connectivity index is 1.80. The highest BCUT2D eigenvalue weighted by Gasteiger charge is 2.32. The van der Waals surface area contributed by atoms with Crippen molar-refractivity contribution in [2.75, 3.05) is 25.6 Å². The number of benzene rings is 1. The second-order valence-electron chi connectivity index (χ2n) is 11.7. The van der Waals surface area contributed by atoms with E-state index in [2.05, 4.69) is 31.0 Å². The predicted molar refractivity (Wildman–Crippen MR) is 154 cm³/mol. The highest BCUT2D eigenvalue weighted by Crippen LogP contribution is 2.30. The topological polar surface area (TPSA) is 129 Å². The number of nitrogens with one attached hydrogen (secondary N) is 1. The van der Waals surface area contributed by atoms with Gasteiger partial charge in [0, 0.05) is 14.6 Å². The van der Waals surface area contributed by atoms with Gasteiger partial charge in [-0.15, -0.1) is 0 Å². The maximum atomic E-state index is 13.2. The lowest BCUT2D eigenvalue weighted by Gasteiger charge is -2.33. The van der Waals surface area contributed by atoms with E-state index in [9.17, 15) is 19.5 Å². The minimum absolute atomic E-state index is 0.0268. The van der Waals surface area contributed by atoms with Crippen molar-refractivity contribution in [3.05, 3.63) is 55.8 Å². The molecule has 2 aromatic rings. The summed E-state index contributed by atoms with van der Waals surface area (Å²) in [6.45, 7) is 7.07. The Bertz CT molecular complexity index is 1200. The standard InChI is InChI=1S/C29H41N3O6Si/c1-37-28-25(26(34)27(28)35)31-23(16-20-8-6-5-7-9-20)24(33)19-32(29(36)38-14-15-39(2,3)4)18-22-12-10-21(17-30)11-13-22/h10-13,20,23-24,31,33H,5-9,14-16,18-19H2,1-4H3/t23-,24-/m0/s1. The largest absolute Gasteiger partial charge is 0.491 e. The Morgan fingerprint density at radius 1 is 1.15 bits per heavy atom. The van der Waals surface area contributed by atoms with Crippen molar-refractivity contribution in [2.45, 2.75) is 82.9 Å². The Labute approximate surface area is 231 Å². The van der Waals surface area contributed by atoms with Crippen LogP contribution in [0.25, 0.3) is 0 Å². The predicted octanol–water partition coefficient (Wildman–Crippen LogP) is 4.25. The van der Waals surface area contributed by atoms with Gasteiger partial charge in [-0.05, 0) is 36.1 Å². The van der Waals surface area contributed by atoms with Crippen molar-refractivity contribution in [1.29, 1.82) is 5.26 Å². The molecule has 0 saturated heterocycles. The molecule has 0 bridgehead atoms. The number of aliphatic hydroxyl groups is 1. The number of hydrogen-bond acceptors (Lipinski definition) is 8. The van der Waals surface area contributed by atoms with Crippen LogP contribution in [-0.2, 0) is 11.3 Å². The molecule has 0 radical (unpaired) electrons. The molecule has 2 N–H and O–H groups in total. The molecular weight excluding hydrogens is 514 g/mol. The molecule has 2 atom stereocenters. The maximum absolute atomic E-state index is 13.2. The first-order chi connectivity index (χ1) is 18.5. The fourth-order valence-corrected chi connectivity index (χ4v) is 5.69. The number of nitrogens with zero attached hydrogens (tertiary/aromatic N) is 2. The second-order valence-corrected chi connectivity index (χ2v) is 17.4. The van der Waals surface area contributed by atoms with Gasteiger partial charge in [0.15, 0.2) is 5.75 Å². The fourth-order valence-electron chi connectivity index (χ4n) is 4.97. The number of amides is 1. The lowest BCUT2D eigenvalue weighted by molar-refractivity contribution is 0.0613. The van der Waals surface area contributed by atoms with Crippen LogP contribution in [0.1, 0.15) is 49.7 Å². The number of rotatable bonds is 13. The van der Waals surface area contributed by atoms with Crippen LogP contribution in [0.4, 0.5) is 10.5 Å². The minimum Gasteiger partial charge on any atom is -0.491 e. The normalized spacial score (nSPS) is 15.8. The summed E-state index contributed by atoms with van der Waals surface area (Å²) in [5, 5.41) is 23.7. The number of carbonyl (C=O) groups excluding carboxylic acids is 1. The average Bonchev–Trinajstić information content (AvgIpc) is 2.91. The van der Waals surface area contributed by atoms with Crippen molar-refractivity contribution >= 4 is 19.9 Å². The molecule has 0 aliphatic heterocycles. The van der Waals surface area contributed by atoms with Crippen LogP contribution in [0.3, 0.4) is 0 Å². The number of anilines is 1. The molecule has 10 heteroatoms. The Morgan fingerprint density at radius 3 is 2.41 bits per heavy atom. The van der Waals surface area contributed by atoms with Crippen LogP contribution in [0.2, 0.25) is 25.7 Å². The van der Waals surface area contributed by atoms with E-state index in [0.29, 0.717) is 24.5 Å². The fraction of sp³-hybridized carbons (Fsp3) is 0.586. The molecule has 1 saturated carbocycles. The molecule has 212 valence electrons. The smallest absolute Gasteiger partial charge is 0.410 e. The minimum atomic E-state index is -1.42. The number of ether oxygens (including phenoxy) is 2. The number of nitriles is 1. The van der Waals surface area contributed by atoms with Crippen molar-refractivity contribution in [3.63, 3.8) is 0 Å². The van der Waals surface area contributed by atoms with Gasteiger partial charge in [-0.3, -0.25) is 9.59 Å². The first-order valence-corrected chi connectivity index (χ1v) is 17.5. The van der Waals surface area contributed by atoms with E-state index in [0.717, 1.165) is 37.3 Å². The van der Waals surface area contributed by atoms with E-state index in [1.807, 2.05) is 0 Å². The van der Waals surface area contributed by atoms with E-state index in [1.165, 1.54) is 18.4 Å². The molecule has 0 unspecified atom stereocenters. The van der Waals surface area contributed by atoms with Gasteiger partial charge in [0.2, 0.25) is 0 Å². The van der Waals surface area contributed by atoms with E-state index < -0.39 is 37.2 Å². The van der Waals surface area contributed by atoms with Crippen LogP contribution in [0.15, 0.2) is 33.9 Å². The molecule has 0 spiro atoms. The van der Waals surface area contributed by atoms with Gasteiger partial charge in [-0.1, -0.05) is 63.9 Å². The molecule has 1 aliphatic carbocycles. The summed E-state index contributed by atoms with van der Waals surface area (Å²) in [5.41, 5.74) is 0.0527. The molecule has 1 aliphatic rings. The first kappa shape index (κ1) is 30.4. The van der Waals surface area contributed by atoms with Gasteiger partial charge in [0.25, 0.3) is 10.9 Å². The summed E-state index contributed by atoms with van der Waals surface area (Å²) >= 11 is 0. The Hall–Kier alpha value is -3.16. The van der Waals surface area contributed by atoms with Gasteiger partial charge >= 0.3 is 6.09 Å². The van der Waals surface area contributed by atoms with Gasteiger partial charge < -0.3 is 24.8 Å². The third kappa shape index (κ3) is 8.67. The average molecular weight is 556 g/mol. The third-order valence-electron chi connectivity index (χ3n) is 7.38. The summed E-state index contributed by atoms with van der Waals surface area (Å²) in [4.78, 5) is 38.8. The molecule has 3 rings (SSSR count). The molecule has 0 aromatic heterocycles. The summed E-state index contributed by atoms with van der Waals surface area (Å²) in [7, 11) is -0.0823. The van der Waals surface area contributed by atoms with E-state index >= 15 is 0 Å². The molecular formula is C29H41N3O6Si. The maximum Gasteiger partial charge on any atom is 0.410 e. The van der Waals surface area contributed by atoms with Crippen LogP contribution >= 0.6 is 0 Å². The molecule has 1 amide bonds. The molecule has 0 heterocycles. The van der Waals surface area contributed by atoms with Crippen molar-refractivity contribution < 1.29 is 19.4 Å². The summed E-state index contributed by atoms with van der Waals surface area (Å²) in [5.74, 6) is 0.333. The van der Waals surface area contributed by atoms with Gasteiger partial charge in [0.1, 0.15) is 5.69 Å². The molecule has 39 heavy (non-hydrogen) atoms. The van der Waals surface area contributed by atoms with Crippen molar-refractivity contribution in [1.82, 2.24) is 4.90 Å². The molecule has 2 aromatic carbocycles. The second kappa shape index (κ2) is 13.8. The van der Waals surface area contributed by atoms with E-state index in [1.54, 1.807) is 24.3 Å². The lowest BCUT2D eigenvalue weighted by Crippen LogP contribution is -2.48.